The molecule has 86 heavy (non-hydrogen) atoms. The molecule has 2 aromatic heterocycles. The number of pyridine rings is 1. The van der Waals surface area contributed by atoms with Crippen molar-refractivity contribution in [2.45, 2.75) is 96.2 Å². The number of carboxylic acids is 2. The molecule has 0 radical (unpaired) electrons. The molecule has 3 heterocycles. The first-order valence-corrected chi connectivity index (χ1v) is 30.1. The topological polar surface area (TPSA) is 392 Å². The van der Waals surface area contributed by atoms with E-state index in [1.807, 2.05) is 16.7 Å². The fraction of sp³-hybridized carbons (Fsp3) is 0.554. The summed E-state index contributed by atoms with van der Waals surface area (Å²) < 4.78 is 36.9. The van der Waals surface area contributed by atoms with Crippen molar-refractivity contribution < 1.29 is 67.1 Å². The van der Waals surface area contributed by atoms with Crippen molar-refractivity contribution in [1.82, 2.24) is 65.4 Å². The third kappa shape index (κ3) is 21.7. The van der Waals surface area contributed by atoms with E-state index in [2.05, 4.69) is 51.5 Å². The molecule has 1 saturated heterocycles. The summed E-state index contributed by atoms with van der Waals surface area (Å²) in [6.07, 6.45) is 3.77. The van der Waals surface area contributed by atoms with E-state index < -0.39 is 82.0 Å². The maximum atomic E-state index is 13.7. The van der Waals surface area contributed by atoms with Gasteiger partial charge in [-0.3, -0.25) is 53.1 Å². The molecule has 2 aromatic carbocycles. The molecule has 474 valence electrons. The van der Waals surface area contributed by atoms with E-state index >= 15 is 0 Å². The monoisotopic (exact) mass is 1220 g/mol. The summed E-state index contributed by atoms with van der Waals surface area (Å²) in [6, 6.07) is 4.30. The number of hydrogen-bond donors (Lipinski definition) is 12. The number of β-amino-alcohol motifs (C(OH)–C–C–N with tert-alkyl or cyclic N) is 2. The molecule has 5 rings (SSSR count). The number of carboxylic acid groups (broad SMARTS) is 2. The number of nitrogens with zero attached hydrogens (tertiary/aromatic N) is 6. The number of aliphatic carboxylic acids is 2. The number of anilines is 1. The van der Waals surface area contributed by atoms with Crippen molar-refractivity contribution in [2.75, 3.05) is 110 Å². The lowest BCUT2D eigenvalue weighted by molar-refractivity contribution is -0.139. The fourth-order valence-electron chi connectivity index (χ4n) is 9.74. The number of rotatable bonds is 31. The Labute approximate surface area is 499 Å². The number of aliphatic hydroxyl groups excluding tert-OH is 1. The van der Waals surface area contributed by atoms with Crippen molar-refractivity contribution in [2.24, 2.45) is 7.05 Å². The number of amides is 5. The average molecular weight is 1230 g/mol. The Morgan fingerprint density at radius 3 is 1.97 bits per heavy atom. The molecule has 1 aliphatic heterocycles. The van der Waals surface area contributed by atoms with Crippen LogP contribution in [0.2, 0.25) is 0 Å². The summed E-state index contributed by atoms with van der Waals surface area (Å²) >= 11 is 0. The second-order valence-electron chi connectivity index (χ2n) is 21.0. The van der Waals surface area contributed by atoms with Gasteiger partial charge in [-0.1, -0.05) is 26.8 Å². The predicted octanol–water partition coefficient (Wildman–Crippen LogP) is -1.53. The van der Waals surface area contributed by atoms with Crippen molar-refractivity contribution in [1.29, 1.82) is 0 Å². The smallest absolute Gasteiger partial charge is 0.323 e. The Hall–Kier alpha value is -7.58. The van der Waals surface area contributed by atoms with Crippen LogP contribution < -0.4 is 46.8 Å². The minimum Gasteiger partial charge on any atom is -0.494 e. The standard InChI is InChI=1S/C56H84N14O15S/c1-7-42(64-54(80)43(8-2)63-47(72)33-68-20-18-67(9-3)19-21-69(34-48(73)74)24-25-70(23-22-68)35-49(75)76)53(79)58-15-14-57-46(71)11-10-26-85-39-27-36(4)51(37(5)28-39)86(83,84)65-44(55(81)82)31-61-52(78)41-32-66(6)45-29-38(12-13-40(45)50(41)77)30-62-56-59-16-17-60-56/h12-13,16-17,27-29,32,42-44,49,65,75-76H,7-11,14-15,18-26,30-31,33-35H2,1-6H3,(H,57,71)(H,58,79)(H,61,78)(H,63,72)(H,64,80)(H,73,74)(H,81,82)(H2,59,60,62). The largest absolute Gasteiger partial charge is 0.494 e. The van der Waals surface area contributed by atoms with E-state index in [4.69, 9.17) is 4.74 Å². The maximum absolute atomic E-state index is 13.7. The zero-order valence-electron chi connectivity index (χ0n) is 49.6. The van der Waals surface area contributed by atoms with Gasteiger partial charge in [0.1, 0.15) is 29.4 Å². The van der Waals surface area contributed by atoms with E-state index in [1.165, 1.54) is 32.2 Å². The molecule has 3 unspecified atom stereocenters. The molecule has 0 bridgehead atoms. The maximum Gasteiger partial charge on any atom is 0.323 e. The highest BCUT2D eigenvalue weighted by Gasteiger charge is 2.30. The van der Waals surface area contributed by atoms with Gasteiger partial charge in [-0.2, -0.15) is 4.72 Å². The second-order valence-corrected chi connectivity index (χ2v) is 22.6. The number of ether oxygens (including phenoxy) is 1. The molecule has 5 amide bonds. The van der Waals surface area contributed by atoms with Gasteiger partial charge in [0, 0.05) is 123 Å². The molecule has 0 spiro atoms. The summed E-state index contributed by atoms with van der Waals surface area (Å²) in [4.78, 5) is 118. The first-order valence-electron chi connectivity index (χ1n) is 28.7. The summed E-state index contributed by atoms with van der Waals surface area (Å²) in [7, 11) is -2.85. The van der Waals surface area contributed by atoms with Crippen LogP contribution in [0.3, 0.4) is 0 Å². The van der Waals surface area contributed by atoms with Crippen LogP contribution in [0.5, 0.6) is 5.75 Å². The van der Waals surface area contributed by atoms with Gasteiger partial charge in [-0.05, 0) is 80.6 Å². The van der Waals surface area contributed by atoms with Gasteiger partial charge in [0.2, 0.25) is 39.1 Å². The molecule has 12 N–H and O–H groups in total. The van der Waals surface area contributed by atoms with Gasteiger partial charge in [0.15, 0.2) is 12.2 Å². The number of aromatic amines is 1. The van der Waals surface area contributed by atoms with Crippen molar-refractivity contribution in [3.8, 4) is 5.75 Å². The number of H-pyrrole nitrogens is 1. The van der Waals surface area contributed by atoms with E-state index in [0.29, 0.717) is 82.7 Å². The zero-order chi connectivity index (χ0) is 63.1. The van der Waals surface area contributed by atoms with Crippen LogP contribution in [0.15, 0.2) is 58.6 Å². The molecule has 0 aliphatic carbocycles. The molecular weight excluding hydrogens is 1140 g/mol. The number of benzene rings is 2. The second kappa shape index (κ2) is 33.9. The molecule has 1 fully saturated rings. The molecule has 1 aliphatic rings. The summed E-state index contributed by atoms with van der Waals surface area (Å²) in [5.41, 5.74) is 0.961. The summed E-state index contributed by atoms with van der Waals surface area (Å²) in [5, 5.41) is 55.6. The SMILES string of the molecule is CCC(NC(=O)CN1CCN(CC)CCN(CC(=O)O)CCN(CC(O)O)CC1)C(=O)NC(CC)C(=O)NCCNC(=O)CCCOc1cc(C)c(S(=O)(=O)NC(CNC(=O)c2cn(C)c3cc(CNc4ncc[nH]4)ccc3c2=O)C(=O)O)c(C)c1. The summed E-state index contributed by atoms with van der Waals surface area (Å²) in [6.45, 7) is 12.5. The predicted molar refractivity (Wildman–Crippen MR) is 318 cm³/mol. The number of carbonyl (C=O) groups excluding carboxylic acids is 5. The number of carbonyl (C=O) groups is 7. The Morgan fingerprint density at radius 2 is 1.37 bits per heavy atom. The number of imidazole rings is 1. The van der Waals surface area contributed by atoms with Gasteiger partial charge in [0.05, 0.1) is 30.1 Å². The zero-order valence-corrected chi connectivity index (χ0v) is 50.5. The van der Waals surface area contributed by atoms with Gasteiger partial charge >= 0.3 is 11.9 Å². The average Bonchev–Trinajstić information content (AvgIpc) is 1.36. The first kappa shape index (κ1) is 69.2. The Morgan fingerprint density at radius 1 is 0.756 bits per heavy atom. The van der Waals surface area contributed by atoms with Gasteiger partial charge in [-0.25, -0.2) is 13.4 Å². The third-order valence-electron chi connectivity index (χ3n) is 14.4. The fourth-order valence-corrected chi connectivity index (χ4v) is 11.4. The van der Waals surface area contributed by atoms with E-state index in [1.54, 1.807) is 61.0 Å². The Kier molecular flexibility index (Phi) is 27.3. The van der Waals surface area contributed by atoms with Crippen LogP contribution in [0, 0.1) is 13.8 Å². The number of sulfonamides is 1. The molecule has 3 atom stereocenters. The van der Waals surface area contributed by atoms with Crippen LogP contribution in [0.1, 0.15) is 73.5 Å². The van der Waals surface area contributed by atoms with Crippen LogP contribution in [-0.2, 0) is 52.4 Å². The first-order chi connectivity index (χ1) is 40.9. The molecule has 29 nitrogen and oxygen atoms in total. The minimum atomic E-state index is -4.50. The van der Waals surface area contributed by atoms with E-state index in [0.717, 1.165) is 5.56 Å². The van der Waals surface area contributed by atoms with E-state index in [-0.39, 0.29) is 97.9 Å². The van der Waals surface area contributed by atoms with Gasteiger partial charge in [0.25, 0.3) is 5.91 Å². The number of aliphatic hydroxyl groups is 2. The normalized spacial score (nSPS) is 15.4. The van der Waals surface area contributed by atoms with Crippen molar-refractivity contribution in [3.05, 3.63) is 81.4 Å². The van der Waals surface area contributed by atoms with Crippen LogP contribution >= 0.6 is 0 Å². The quantitative estimate of drug-likeness (QED) is 0.0201. The number of nitrogens with one attached hydrogen (secondary N) is 8. The number of aromatic nitrogens is 3. The number of likely N-dealkylation sites (N-methyl/N-ethyl adjacent to an activating group) is 1. The van der Waals surface area contributed by atoms with Gasteiger partial charge in [-0.15, -0.1) is 0 Å². The Bertz CT molecular complexity index is 3100. The summed E-state index contributed by atoms with van der Waals surface area (Å²) in [5.74, 6) is -4.36. The lowest BCUT2D eigenvalue weighted by Gasteiger charge is -2.33. The van der Waals surface area contributed by atoms with Gasteiger partial charge < -0.3 is 71.5 Å². The molecule has 4 aromatic rings. The number of hydrogen-bond acceptors (Lipinski definition) is 19. The highest BCUT2D eigenvalue weighted by Crippen LogP contribution is 2.26. The molecular formula is C56H84N14O15S. The minimum absolute atomic E-state index is 0.0470. The van der Waals surface area contributed by atoms with Crippen LogP contribution in [0.25, 0.3) is 10.9 Å². The van der Waals surface area contributed by atoms with Crippen LogP contribution in [0.4, 0.5) is 5.95 Å². The van der Waals surface area contributed by atoms with Crippen LogP contribution in [-0.4, -0.2) is 234 Å². The van der Waals surface area contributed by atoms with E-state index in [9.17, 15) is 67.2 Å². The lowest BCUT2D eigenvalue weighted by Crippen LogP contribution is -2.55. The number of fused-ring (bicyclic) bond motifs is 1. The highest BCUT2D eigenvalue weighted by molar-refractivity contribution is 7.89. The molecule has 30 heteroatoms. The van der Waals surface area contributed by atoms with Crippen molar-refractivity contribution in [3.63, 3.8) is 0 Å². The molecule has 0 saturated carbocycles. The Balaban J connectivity index is 1.03. The number of aryl methyl sites for hydroxylation is 3. The third-order valence-corrected chi connectivity index (χ3v) is 16.2. The highest BCUT2D eigenvalue weighted by atomic mass is 32.2. The lowest BCUT2D eigenvalue weighted by atomic mass is 10.1. The van der Waals surface area contributed by atoms with Crippen molar-refractivity contribution >= 4 is 68.3 Å².